The molecule has 0 spiro atoms. The molecule has 2 aliphatic carbocycles. The third-order valence-electron chi connectivity index (χ3n) is 8.01. The Labute approximate surface area is 265 Å². The minimum atomic E-state index is -1.84. The first-order valence-corrected chi connectivity index (χ1v) is 20.2. The fourth-order valence-electron chi connectivity index (χ4n) is 6.67. The number of nitrogens with zero attached hydrogens (tertiary/aromatic N) is 2. The molecule has 3 aliphatic rings. The summed E-state index contributed by atoms with van der Waals surface area (Å²) in [5.74, 6) is 3.82. The quantitative estimate of drug-likeness (QED) is 0.134. The van der Waals surface area contributed by atoms with E-state index in [2.05, 4.69) is 74.9 Å². The first-order chi connectivity index (χ1) is 19.5. The second-order valence-electron chi connectivity index (χ2n) is 11.7. The van der Waals surface area contributed by atoms with Crippen molar-refractivity contribution in [2.24, 2.45) is 17.8 Å². The van der Waals surface area contributed by atoms with Crippen molar-refractivity contribution in [1.82, 2.24) is 9.80 Å². The maximum atomic E-state index is 5.90. The third kappa shape index (κ3) is 8.80. The third-order valence-corrected chi connectivity index (χ3v) is 10.1. The van der Waals surface area contributed by atoms with Gasteiger partial charge in [-0.05, 0) is 75.7 Å². The van der Waals surface area contributed by atoms with Crippen LogP contribution >= 0.6 is 31.0 Å². The predicted molar refractivity (Wildman–Crippen MR) is 174 cm³/mol. The van der Waals surface area contributed by atoms with Gasteiger partial charge in [0.2, 0.25) is 0 Å². The molecule has 2 aromatic rings. The number of hydrogen-bond donors (Lipinski definition) is 0. The molecule has 1 N–H and O–H groups in total. The summed E-state index contributed by atoms with van der Waals surface area (Å²) in [6, 6.07) is 15.7. The van der Waals surface area contributed by atoms with E-state index in [1.807, 2.05) is 53.1 Å². The molecule has 1 saturated heterocycles. The van der Waals surface area contributed by atoms with Gasteiger partial charge in [0.1, 0.15) is 0 Å². The first kappa shape index (κ1) is 32.5. The first-order valence-electron chi connectivity index (χ1n) is 14.3. The molecule has 0 saturated carbocycles. The van der Waals surface area contributed by atoms with Gasteiger partial charge in [-0.3, -0.25) is 0 Å². The van der Waals surface area contributed by atoms with Crippen molar-refractivity contribution in [2.45, 2.75) is 60.4 Å². The number of aromatic hydroxyl groups is 2. The number of halogens is 3. The van der Waals surface area contributed by atoms with E-state index in [1.54, 1.807) is 5.57 Å². The minimum absolute atomic E-state index is 0.591. The van der Waals surface area contributed by atoms with Gasteiger partial charge < -0.3 is 9.80 Å². The molecule has 1 heterocycles. The van der Waals surface area contributed by atoms with Crippen LogP contribution in [-0.2, 0) is 13.5 Å². The van der Waals surface area contributed by atoms with Gasteiger partial charge in [-0.25, -0.2) is 0 Å². The molecule has 0 radical (unpaired) electrons. The SMILES string of the molecule is CC1=CC(C)=C(N2[CH-]N([C@H]3C(C)=CC(C)C[C@H]3C)CC2)[C@@H](C)C1.Clc1ccc([OH+]c2ccccc2[CH]=[Ru]([Cl])[Cl])cc1. The van der Waals surface area contributed by atoms with E-state index >= 15 is 0 Å². The summed E-state index contributed by atoms with van der Waals surface area (Å²) in [6.07, 6.45) is 7.38. The standard InChI is InChI=1S/C21H33N2.C13H9ClO.2ClH.Ru/c1-14-9-16(3)20(17(4)10-14)22-7-8-23(13-22)21-18(5)11-15(2)12-19(21)6;1-10-4-2-3-5-13(10)15-12-8-6-11(14)7-9-12;;;/h9,11,13-14,17,19-20H,7-8,10,12H2,1-6H3;1-9H;2*1H;/q-1;;;;+2/p-1/t14?,17-,19+,20+;;;;/m1..../s1. The van der Waals surface area contributed by atoms with E-state index in [0.29, 0.717) is 17.0 Å². The number of hydrogen-bond acceptors (Lipinski definition) is 2. The summed E-state index contributed by atoms with van der Waals surface area (Å²) in [4.78, 5) is 5.13. The molecular formula is C34H43Cl3N2ORu. The van der Waals surface area contributed by atoms with Gasteiger partial charge >= 0.3 is 124 Å². The van der Waals surface area contributed by atoms with Crippen LogP contribution in [0.2, 0.25) is 5.02 Å². The van der Waals surface area contributed by atoms with Crippen LogP contribution < -0.4 is 0 Å². The van der Waals surface area contributed by atoms with Crippen molar-refractivity contribution >= 4 is 35.6 Å². The van der Waals surface area contributed by atoms with Gasteiger partial charge in [0.15, 0.2) is 0 Å². The Morgan fingerprint density at radius 2 is 1.68 bits per heavy atom. The molecule has 0 aromatic heterocycles. The number of allylic oxidation sites excluding steroid dienone is 5. The van der Waals surface area contributed by atoms with Crippen molar-refractivity contribution in [3.63, 3.8) is 0 Å². The zero-order chi connectivity index (χ0) is 29.7. The number of benzene rings is 2. The average molecular weight is 703 g/mol. The van der Waals surface area contributed by atoms with Crippen LogP contribution in [0.4, 0.5) is 0 Å². The van der Waals surface area contributed by atoms with Gasteiger partial charge in [0.05, 0.1) is 0 Å². The second-order valence-corrected chi connectivity index (χ2v) is 17.9. The van der Waals surface area contributed by atoms with E-state index in [0.717, 1.165) is 42.0 Å². The molecule has 5 rings (SSSR count). The van der Waals surface area contributed by atoms with Crippen molar-refractivity contribution in [3.8, 4) is 11.5 Å². The van der Waals surface area contributed by atoms with E-state index in [1.165, 1.54) is 29.7 Å². The van der Waals surface area contributed by atoms with Crippen LogP contribution in [0, 0.1) is 24.4 Å². The van der Waals surface area contributed by atoms with E-state index in [9.17, 15) is 0 Å². The Hall–Kier alpha value is -1.42. The van der Waals surface area contributed by atoms with Crippen molar-refractivity contribution in [2.75, 3.05) is 13.1 Å². The summed E-state index contributed by atoms with van der Waals surface area (Å²) in [5.41, 5.74) is 7.04. The molecule has 2 aromatic carbocycles. The monoisotopic (exact) mass is 702 g/mol. The fourth-order valence-corrected chi connectivity index (χ4v) is 8.62. The second kappa shape index (κ2) is 14.8. The Kier molecular flexibility index (Phi) is 11.8. The number of rotatable bonds is 5. The van der Waals surface area contributed by atoms with Gasteiger partial charge in [0.25, 0.3) is 0 Å². The Morgan fingerprint density at radius 1 is 0.976 bits per heavy atom. The van der Waals surface area contributed by atoms with Crippen LogP contribution in [-0.4, -0.2) is 38.3 Å². The van der Waals surface area contributed by atoms with Crippen LogP contribution in [0.25, 0.3) is 0 Å². The molecule has 41 heavy (non-hydrogen) atoms. The maximum absolute atomic E-state index is 5.90. The van der Waals surface area contributed by atoms with Gasteiger partial charge in [-0.2, -0.15) is 6.67 Å². The molecule has 1 fully saturated rings. The summed E-state index contributed by atoms with van der Waals surface area (Å²) in [6.45, 7) is 18.7. The predicted octanol–water partition coefficient (Wildman–Crippen LogP) is 10.0. The van der Waals surface area contributed by atoms with Crippen LogP contribution in [0.15, 0.2) is 83.1 Å². The Bertz CT molecular complexity index is 1330. The number of para-hydroxylation sites is 1. The van der Waals surface area contributed by atoms with Gasteiger partial charge in [0, 0.05) is 6.04 Å². The van der Waals surface area contributed by atoms with Crippen LogP contribution in [0.3, 0.4) is 0 Å². The fraction of sp³-hybridized carbons (Fsp3) is 0.412. The Balaban J connectivity index is 0.000000195. The summed E-state index contributed by atoms with van der Waals surface area (Å²) < 4.78 is 6.44. The van der Waals surface area contributed by atoms with Gasteiger partial charge in [-0.1, -0.05) is 44.1 Å². The van der Waals surface area contributed by atoms with Crippen molar-refractivity contribution < 1.29 is 18.3 Å². The summed E-state index contributed by atoms with van der Waals surface area (Å²) in [5, 5.41) is 0.697. The van der Waals surface area contributed by atoms with Crippen molar-refractivity contribution in [3.05, 3.63) is 100 Å². The van der Waals surface area contributed by atoms with E-state index < -0.39 is 13.5 Å². The topological polar surface area (TPSA) is 19.3 Å². The van der Waals surface area contributed by atoms with Crippen LogP contribution in [0.1, 0.15) is 59.9 Å². The molecule has 3 nitrogen and oxygen atoms in total. The van der Waals surface area contributed by atoms with Gasteiger partial charge in [-0.15, -0.1) is 0 Å². The average Bonchev–Trinajstić information content (AvgIpc) is 3.34. The van der Waals surface area contributed by atoms with E-state index in [4.69, 9.17) is 31.0 Å². The molecule has 1 aliphatic heterocycles. The molecule has 4 atom stereocenters. The molecule has 1 unspecified atom stereocenters. The molecule has 0 bridgehead atoms. The zero-order valence-corrected chi connectivity index (χ0v) is 28.9. The zero-order valence-electron chi connectivity index (χ0n) is 24.9. The van der Waals surface area contributed by atoms with Crippen molar-refractivity contribution in [1.29, 1.82) is 0 Å². The summed E-state index contributed by atoms with van der Waals surface area (Å²) >= 11 is 3.99. The normalized spacial score (nSPS) is 25.2. The Morgan fingerprint density at radius 3 is 2.34 bits per heavy atom. The molecule has 224 valence electrons. The van der Waals surface area contributed by atoms with Crippen LogP contribution in [0.5, 0.6) is 11.5 Å². The summed E-state index contributed by atoms with van der Waals surface area (Å²) in [7, 11) is 11.8. The van der Waals surface area contributed by atoms with E-state index in [-0.39, 0.29) is 0 Å². The molecular weight excluding hydrogens is 660 g/mol. The molecule has 7 heteroatoms. The number of ether oxygens (including phenoxy) is 1. The molecule has 0 amide bonds.